The Labute approximate surface area is 133 Å². The maximum Gasteiger partial charge on any atom is 0.127 e. The Kier molecular flexibility index (Phi) is 7.62. The number of hydrogen-bond donors (Lipinski definition) is 1. The van der Waals surface area contributed by atoms with Gasteiger partial charge in [0.2, 0.25) is 0 Å². The molecule has 0 aromatic heterocycles. The van der Waals surface area contributed by atoms with Crippen molar-refractivity contribution in [3.05, 3.63) is 35.4 Å². The average Bonchev–Trinajstić information content (AvgIpc) is 2.43. The van der Waals surface area contributed by atoms with Gasteiger partial charge in [0.25, 0.3) is 0 Å². The minimum absolute atomic E-state index is 0.0602. The molecule has 0 aliphatic rings. The molecule has 0 saturated heterocycles. The van der Waals surface area contributed by atoms with E-state index in [0.29, 0.717) is 13.2 Å². The van der Waals surface area contributed by atoms with Gasteiger partial charge in [0.05, 0.1) is 6.61 Å². The predicted molar refractivity (Wildman–Crippen MR) is 89.3 cm³/mol. The molecule has 0 saturated carbocycles. The number of rotatable bonds is 8. The van der Waals surface area contributed by atoms with Crippen molar-refractivity contribution < 1.29 is 9.47 Å². The first-order chi connectivity index (χ1) is 9.96. The van der Waals surface area contributed by atoms with Crippen LogP contribution in [0.2, 0.25) is 0 Å². The van der Waals surface area contributed by atoms with Crippen LogP contribution in [0.3, 0.4) is 0 Å². The van der Waals surface area contributed by atoms with Crippen LogP contribution < -0.4 is 14.8 Å². The first-order valence-corrected chi connectivity index (χ1v) is 7.78. The first-order valence-electron chi connectivity index (χ1n) is 7.35. The van der Waals surface area contributed by atoms with Crippen molar-refractivity contribution in [2.24, 2.45) is 0 Å². The number of hydrogen-bond acceptors (Lipinski definition) is 3. The number of nitrogens with one attached hydrogen (secondary N) is 1. The summed E-state index contributed by atoms with van der Waals surface area (Å²) in [4.78, 5) is 0. The molecule has 21 heavy (non-hydrogen) atoms. The van der Waals surface area contributed by atoms with E-state index in [-0.39, 0.29) is 5.54 Å². The van der Waals surface area contributed by atoms with Crippen molar-refractivity contribution in [3.8, 4) is 11.5 Å². The molecule has 1 aromatic rings. The van der Waals surface area contributed by atoms with E-state index in [1.807, 2.05) is 18.2 Å². The summed E-state index contributed by atoms with van der Waals surface area (Å²) in [5, 5.41) is 3.47. The quantitative estimate of drug-likeness (QED) is 0.767. The highest BCUT2D eigenvalue weighted by atomic mass is 35.5. The molecule has 3 nitrogen and oxygen atoms in total. The van der Waals surface area contributed by atoms with Crippen LogP contribution in [-0.2, 0) is 6.54 Å². The lowest BCUT2D eigenvalue weighted by atomic mass is 10.1. The summed E-state index contributed by atoms with van der Waals surface area (Å²) < 4.78 is 11.4. The fourth-order valence-corrected chi connectivity index (χ4v) is 1.73. The van der Waals surface area contributed by atoms with E-state index in [4.69, 9.17) is 21.1 Å². The largest absolute Gasteiger partial charge is 0.493 e. The summed E-state index contributed by atoms with van der Waals surface area (Å²) in [5.74, 6) is 1.66. The molecule has 118 valence electrons. The number of benzene rings is 1. The molecular formula is C17H26ClNO2. The lowest BCUT2D eigenvalue weighted by Crippen LogP contribution is -2.35. The minimum Gasteiger partial charge on any atom is -0.493 e. The Balaban J connectivity index is 2.82. The third kappa shape index (κ3) is 7.39. The van der Waals surface area contributed by atoms with E-state index in [0.717, 1.165) is 30.0 Å². The third-order valence-corrected chi connectivity index (χ3v) is 2.92. The highest BCUT2D eigenvalue weighted by Gasteiger charge is 2.12. The Morgan fingerprint density at radius 1 is 1.24 bits per heavy atom. The molecule has 0 aliphatic heterocycles. The average molecular weight is 312 g/mol. The molecule has 1 rings (SSSR count). The van der Waals surface area contributed by atoms with E-state index in [1.54, 1.807) is 6.08 Å². The molecule has 1 N–H and O–H groups in total. The van der Waals surface area contributed by atoms with Crippen molar-refractivity contribution in [2.75, 3.05) is 13.2 Å². The summed E-state index contributed by atoms with van der Waals surface area (Å²) in [5.41, 5.74) is 2.63. The second-order valence-corrected chi connectivity index (χ2v) is 6.15. The van der Waals surface area contributed by atoms with Gasteiger partial charge < -0.3 is 14.8 Å². The van der Waals surface area contributed by atoms with Gasteiger partial charge in [-0.2, -0.15) is 0 Å². The molecule has 0 atom stereocenters. The van der Waals surface area contributed by atoms with E-state index in [2.05, 4.69) is 33.0 Å². The second-order valence-electron chi connectivity index (χ2n) is 5.89. The van der Waals surface area contributed by atoms with Crippen LogP contribution in [0.15, 0.2) is 29.8 Å². The van der Waals surface area contributed by atoms with Crippen LogP contribution in [0.5, 0.6) is 11.5 Å². The summed E-state index contributed by atoms with van der Waals surface area (Å²) >= 11 is 5.53. The van der Waals surface area contributed by atoms with Crippen molar-refractivity contribution >= 4 is 11.6 Å². The molecule has 0 radical (unpaired) electrons. The number of ether oxygens (including phenoxy) is 2. The molecule has 0 heterocycles. The standard InChI is InChI=1S/C17H26ClNO2/c1-5-10-20-15-8-7-14(13-19-17(2,3)4)16(12-15)21-11-6-9-18/h6-9,12,19H,5,10-11,13H2,1-4H3. The van der Waals surface area contributed by atoms with Gasteiger partial charge in [0, 0.05) is 29.2 Å². The zero-order chi connectivity index (χ0) is 15.7. The van der Waals surface area contributed by atoms with Crippen LogP contribution in [0.25, 0.3) is 0 Å². The summed E-state index contributed by atoms with van der Waals surface area (Å²) in [6, 6.07) is 5.97. The molecule has 0 fully saturated rings. The van der Waals surface area contributed by atoms with Gasteiger partial charge >= 0.3 is 0 Å². The molecular weight excluding hydrogens is 286 g/mol. The van der Waals surface area contributed by atoms with Crippen LogP contribution >= 0.6 is 11.6 Å². The molecule has 0 bridgehead atoms. The van der Waals surface area contributed by atoms with Gasteiger partial charge in [-0.1, -0.05) is 24.6 Å². The summed E-state index contributed by atoms with van der Waals surface area (Å²) in [7, 11) is 0. The summed E-state index contributed by atoms with van der Waals surface area (Å²) in [6.07, 6.45) is 2.75. The van der Waals surface area contributed by atoms with Crippen molar-refractivity contribution in [3.63, 3.8) is 0 Å². The zero-order valence-corrected chi connectivity index (χ0v) is 14.2. The third-order valence-electron chi connectivity index (χ3n) is 2.74. The van der Waals surface area contributed by atoms with E-state index in [9.17, 15) is 0 Å². The maximum absolute atomic E-state index is 5.77. The van der Waals surface area contributed by atoms with Gasteiger partial charge in [0.15, 0.2) is 0 Å². The zero-order valence-electron chi connectivity index (χ0n) is 13.4. The molecule has 0 amide bonds. The van der Waals surface area contributed by atoms with Crippen LogP contribution in [0.1, 0.15) is 39.7 Å². The van der Waals surface area contributed by atoms with Gasteiger partial charge in [-0.25, -0.2) is 0 Å². The fraction of sp³-hybridized carbons (Fsp3) is 0.529. The second kappa shape index (κ2) is 8.96. The van der Waals surface area contributed by atoms with Crippen molar-refractivity contribution in [1.82, 2.24) is 5.32 Å². The first kappa shape index (κ1) is 17.9. The Hall–Kier alpha value is -1.19. The number of halogens is 1. The SMILES string of the molecule is CCCOc1ccc(CNC(C)(C)C)c(OCC=CCl)c1. The van der Waals surface area contributed by atoms with Crippen LogP contribution in [-0.4, -0.2) is 18.8 Å². The molecule has 4 heteroatoms. The molecule has 0 aliphatic carbocycles. The monoisotopic (exact) mass is 311 g/mol. The van der Waals surface area contributed by atoms with Crippen LogP contribution in [0.4, 0.5) is 0 Å². The normalized spacial score (nSPS) is 11.9. The van der Waals surface area contributed by atoms with Gasteiger partial charge in [-0.05, 0) is 39.3 Å². The van der Waals surface area contributed by atoms with Gasteiger partial charge in [-0.3, -0.25) is 0 Å². The maximum atomic E-state index is 5.77. The van der Waals surface area contributed by atoms with E-state index in [1.165, 1.54) is 5.54 Å². The van der Waals surface area contributed by atoms with Gasteiger partial charge in [-0.15, -0.1) is 0 Å². The molecule has 0 unspecified atom stereocenters. The fourth-order valence-electron chi connectivity index (χ4n) is 1.66. The molecule has 1 aromatic carbocycles. The van der Waals surface area contributed by atoms with E-state index < -0.39 is 0 Å². The van der Waals surface area contributed by atoms with Crippen molar-refractivity contribution in [1.29, 1.82) is 0 Å². The van der Waals surface area contributed by atoms with Crippen LogP contribution in [0, 0.1) is 0 Å². The Morgan fingerprint density at radius 3 is 2.62 bits per heavy atom. The smallest absolute Gasteiger partial charge is 0.127 e. The minimum atomic E-state index is 0.0602. The van der Waals surface area contributed by atoms with E-state index >= 15 is 0 Å². The highest BCUT2D eigenvalue weighted by molar-refractivity contribution is 6.25. The molecule has 0 spiro atoms. The Morgan fingerprint density at radius 2 is 2.00 bits per heavy atom. The van der Waals surface area contributed by atoms with Gasteiger partial charge in [0.1, 0.15) is 18.1 Å². The Bertz CT molecular complexity index is 453. The summed E-state index contributed by atoms with van der Waals surface area (Å²) in [6.45, 7) is 10.4. The lowest BCUT2D eigenvalue weighted by Gasteiger charge is -2.22. The lowest BCUT2D eigenvalue weighted by molar-refractivity contribution is 0.310. The topological polar surface area (TPSA) is 30.5 Å². The van der Waals surface area contributed by atoms with Crippen molar-refractivity contribution in [2.45, 2.75) is 46.2 Å². The highest BCUT2D eigenvalue weighted by Crippen LogP contribution is 2.26. The predicted octanol–water partition coefficient (Wildman–Crippen LogP) is 4.49.